The lowest BCUT2D eigenvalue weighted by atomic mass is 9.99. The van der Waals surface area contributed by atoms with E-state index in [9.17, 15) is 43.2 Å². The summed E-state index contributed by atoms with van der Waals surface area (Å²) < 4.78 is 68.5. The Labute approximate surface area is 581 Å². The maximum atomic E-state index is 13.1. The normalized spacial score (nSPS) is 14.4. The van der Waals surface area contributed by atoms with Crippen LogP contribution >= 0.6 is 15.6 Å². The minimum Gasteiger partial charge on any atom is -0.462 e. The molecule has 95 heavy (non-hydrogen) atoms. The first-order valence-corrected chi connectivity index (χ1v) is 42.2. The fraction of sp³-hybridized carbons (Fsp3) is 0.947. The minimum atomic E-state index is -4.96. The monoisotopic (exact) mass is 1400 g/mol. The first kappa shape index (κ1) is 93.1. The van der Waals surface area contributed by atoms with E-state index in [2.05, 4.69) is 55.4 Å². The van der Waals surface area contributed by atoms with E-state index < -0.39 is 97.5 Å². The molecule has 0 radical (unpaired) electrons. The van der Waals surface area contributed by atoms with Gasteiger partial charge in [0, 0.05) is 25.7 Å². The minimum absolute atomic E-state index is 0.104. The molecule has 0 aromatic heterocycles. The molecule has 0 heterocycles. The molecule has 0 saturated heterocycles. The van der Waals surface area contributed by atoms with Gasteiger partial charge in [0.15, 0.2) is 12.2 Å². The van der Waals surface area contributed by atoms with Crippen LogP contribution in [0.1, 0.15) is 383 Å². The van der Waals surface area contributed by atoms with Gasteiger partial charge < -0.3 is 33.8 Å². The van der Waals surface area contributed by atoms with E-state index >= 15 is 0 Å². The van der Waals surface area contributed by atoms with Gasteiger partial charge in [-0.1, -0.05) is 331 Å². The van der Waals surface area contributed by atoms with Crippen molar-refractivity contribution >= 4 is 39.5 Å². The third-order valence-electron chi connectivity index (χ3n) is 17.9. The summed E-state index contributed by atoms with van der Waals surface area (Å²) in [6.45, 7) is 14.2. The van der Waals surface area contributed by atoms with Gasteiger partial charge in [0.1, 0.15) is 19.3 Å². The number of phosphoric acid groups is 2. The largest absolute Gasteiger partial charge is 0.472 e. The van der Waals surface area contributed by atoms with Crippen molar-refractivity contribution in [3.8, 4) is 0 Å². The van der Waals surface area contributed by atoms with Crippen LogP contribution in [0.25, 0.3) is 0 Å². The average Bonchev–Trinajstić information content (AvgIpc) is 1.84. The molecule has 0 aliphatic carbocycles. The van der Waals surface area contributed by atoms with Crippen molar-refractivity contribution in [3.05, 3.63) is 0 Å². The van der Waals surface area contributed by atoms with Gasteiger partial charge in [-0.15, -0.1) is 0 Å². The summed E-state index contributed by atoms with van der Waals surface area (Å²) in [6, 6.07) is 0. The summed E-state index contributed by atoms with van der Waals surface area (Å²) in [4.78, 5) is 72.7. The van der Waals surface area contributed by atoms with Crippen LogP contribution in [0, 0.1) is 23.7 Å². The van der Waals surface area contributed by atoms with Gasteiger partial charge in [0.05, 0.1) is 26.4 Å². The highest BCUT2D eigenvalue weighted by Gasteiger charge is 2.30. The van der Waals surface area contributed by atoms with Crippen LogP contribution < -0.4 is 0 Å². The molecule has 0 fully saturated rings. The number of rotatable bonds is 73. The van der Waals surface area contributed by atoms with E-state index in [1.807, 2.05) is 0 Å². The molecule has 0 spiro atoms. The Hall–Kier alpha value is -1.94. The standard InChI is InChI=1S/C76H148O17P2/c1-9-69(8)55-47-39-31-25-26-32-40-48-56-73(78)86-62-71(92-75(80)58-50-42-33-23-19-17-15-13-11-10-12-14-16-18-21-28-36-44-52-66(2)3)64-90-94(82,83)88-60-70(77)61-89-95(84,85)91-65-72(63-87-74(79)57-49-41-35-27-30-38-46-54-68(6)7)93-76(81)59-51-43-34-24-20-22-29-37-45-53-67(4)5/h66-72,77H,9-65H2,1-8H3,(H,82,83)(H,84,85)/t69?,70?,71-,72-/m1/s1. The molecule has 0 bridgehead atoms. The zero-order chi connectivity index (χ0) is 70.3. The lowest BCUT2D eigenvalue weighted by Gasteiger charge is -2.21. The van der Waals surface area contributed by atoms with Crippen LogP contribution in [0.2, 0.25) is 0 Å². The number of aliphatic hydroxyl groups excluding tert-OH is 1. The van der Waals surface area contributed by atoms with Crippen molar-refractivity contribution < 1.29 is 80.2 Å². The molecule has 0 aliphatic rings. The highest BCUT2D eigenvalue weighted by Crippen LogP contribution is 2.45. The summed E-state index contributed by atoms with van der Waals surface area (Å²) >= 11 is 0. The fourth-order valence-corrected chi connectivity index (χ4v) is 13.1. The number of esters is 4. The maximum absolute atomic E-state index is 13.1. The second-order valence-electron chi connectivity index (χ2n) is 29.1. The topological polar surface area (TPSA) is 237 Å². The molecule has 6 atom stereocenters. The first-order valence-electron chi connectivity index (χ1n) is 39.2. The molecule has 0 aromatic rings. The predicted octanol–water partition coefficient (Wildman–Crippen LogP) is 22.0. The number of hydrogen-bond acceptors (Lipinski definition) is 15. The van der Waals surface area contributed by atoms with Crippen LogP contribution in [0.5, 0.6) is 0 Å². The molecule has 0 saturated carbocycles. The Morgan fingerprint density at radius 1 is 0.295 bits per heavy atom. The summed E-state index contributed by atoms with van der Waals surface area (Å²) in [5.41, 5.74) is 0. The predicted molar refractivity (Wildman–Crippen MR) is 386 cm³/mol. The summed E-state index contributed by atoms with van der Waals surface area (Å²) in [5.74, 6) is 0.916. The summed E-state index contributed by atoms with van der Waals surface area (Å²) in [5, 5.41) is 10.6. The quantitative estimate of drug-likeness (QED) is 0.0222. The molecule has 17 nitrogen and oxygen atoms in total. The van der Waals surface area contributed by atoms with E-state index in [0.717, 1.165) is 114 Å². The summed E-state index contributed by atoms with van der Waals surface area (Å²) in [7, 11) is -9.91. The molecule has 19 heteroatoms. The van der Waals surface area contributed by atoms with E-state index in [4.69, 9.17) is 37.0 Å². The van der Waals surface area contributed by atoms with E-state index in [1.165, 1.54) is 180 Å². The smallest absolute Gasteiger partial charge is 0.462 e. The fourth-order valence-electron chi connectivity index (χ4n) is 11.5. The number of phosphoric ester groups is 2. The van der Waals surface area contributed by atoms with Gasteiger partial charge in [-0.25, -0.2) is 9.13 Å². The van der Waals surface area contributed by atoms with Crippen molar-refractivity contribution in [2.45, 2.75) is 401 Å². The molecule has 0 aliphatic heterocycles. The Bertz CT molecular complexity index is 1870. The van der Waals surface area contributed by atoms with E-state index in [-0.39, 0.29) is 25.7 Å². The maximum Gasteiger partial charge on any atom is 0.472 e. The molecule has 564 valence electrons. The SMILES string of the molecule is CCC(C)CCCCCCCCCCC(=O)OC[C@H](COP(=O)(O)OCC(O)COP(=O)(O)OC[C@@H](COC(=O)CCCCCCCCCC(C)C)OC(=O)CCCCCCCCCCCC(C)C)OC(=O)CCCCCCCCCCCCCCCCCCCCC(C)C. The van der Waals surface area contributed by atoms with Crippen LogP contribution in [0.15, 0.2) is 0 Å². The van der Waals surface area contributed by atoms with Gasteiger partial charge in [-0.3, -0.25) is 37.3 Å². The van der Waals surface area contributed by atoms with Crippen LogP contribution in [-0.4, -0.2) is 96.7 Å². The number of unbranched alkanes of at least 4 members (excludes halogenated alkanes) is 38. The van der Waals surface area contributed by atoms with Crippen LogP contribution in [0.3, 0.4) is 0 Å². The molecule has 0 rings (SSSR count). The van der Waals surface area contributed by atoms with Crippen molar-refractivity contribution in [1.82, 2.24) is 0 Å². The molecule has 3 N–H and O–H groups in total. The van der Waals surface area contributed by atoms with Gasteiger partial charge in [0.25, 0.3) is 0 Å². The average molecular weight is 1400 g/mol. The highest BCUT2D eigenvalue weighted by atomic mass is 31.2. The number of ether oxygens (including phenoxy) is 4. The third kappa shape index (κ3) is 69.0. The van der Waals surface area contributed by atoms with Gasteiger partial charge in [-0.05, 0) is 49.4 Å². The van der Waals surface area contributed by atoms with E-state index in [0.29, 0.717) is 31.6 Å². The van der Waals surface area contributed by atoms with Gasteiger partial charge >= 0.3 is 39.5 Å². The number of carbonyl (C=O) groups excluding carboxylic acids is 4. The molecule has 0 aromatic carbocycles. The van der Waals surface area contributed by atoms with Crippen LogP contribution in [0.4, 0.5) is 0 Å². The van der Waals surface area contributed by atoms with Crippen molar-refractivity contribution in [1.29, 1.82) is 0 Å². The third-order valence-corrected chi connectivity index (χ3v) is 19.8. The molecule has 0 amide bonds. The summed E-state index contributed by atoms with van der Waals surface area (Å²) in [6.07, 6.45) is 50.1. The van der Waals surface area contributed by atoms with Gasteiger partial charge in [-0.2, -0.15) is 0 Å². The lowest BCUT2D eigenvalue weighted by molar-refractivity contribution is -0.161. The second kappa shape index (κ2) is 65.4. The zero-order valence-electron chi connectivity index (χ0n) is 62.3. The van der Waals surface area contributed by atoms with Crippen molar-refractivity contribution in [2.75, 3.05) is 39.6 Å². The Balaban J connectivity index is 5.20. The second-order valence-corrected chi connectivity index (χ2v) is 32.0. The van der Waals surface area contributed by atoms with Gasteiger partial charge in [0.2, 0.25) is 0 Å². The number of aliphatic hydroxyl groups is 1. The van der Waals surface area contributed by atoms with Crippen molar-refractivity contribution in [2.24, 2.45) is 23.7 Å². The van der Waals surface area contributed by atoms with Crippen molar-refractivity contribution in [3.63, 3.8) is 0 Å². The first-order chi connectivity index (χ1) is 45.6. The zero-order valence-corrected chi connectivity index (χ0v) is 64.1. The highest BCUT2D eigenvalue weighted by molar-refractivity contribution is 7.47. The van der Waals surface area contributed by atoms with E-state index in [1.54, 1.807) is 0 Å². The molecule has 4 unspecified atom stereocenters. The lowest BCUT2D eigenvalue weighted by Crippen LogP contribution is -2.30. The number of hydrogen-bond donors (Lipinski definition) is 3. The molecular formula is C76H148O17P2. The molecular weight excluding hydrogens is 1250 g/mol. The Morgan fingerprint density at radius 3 is 0.747 bits per heavy atom. The Morgan fingerprint density at radius 2 is 0.505 bits per heavy atom. The number of carbonyl (C=O) groups is 4. The van der Waals surface area contributed by atoms with Crippen LogP contribution in [-0.2, 0) is 65.4 Å². The Kier molecular flexibility index (Phi) is 64.0.